The third-order valence-corrected chi connectivity index (χ3v) is 6.18. The van der Waals surface area contributed by atoms with E-state index >= 15 is 0 Å². The van der Waals surface area contributed by atoms with E-state index in [4.69, 9.17) is 4.74 Å². The van der Waals surface area contributed by atoms with Gasteiger partial charge in [-0.05, 0) is 36.8 Å². The van der Waals surface area contributed by atoms with Crippen LogP contribution in [0.3, 0.4) is 0 Å². The van der Waals surface area contributed by atoms with Crippen molar-refractivity contribution in [2.75, 3.05) is 40.3 Å². The molecular weight excluding hydrogens is 352 g/mol. The fraction of sp³-hybridized carbons (Fsp3) is 0.636. The summed E-state index contributed by atoms with van der Waals surface area (Å²) in [5.41, 5.74) is 2.95. The SMILES string of the molecule is CCC(CNC(=NC)N1CCC(C(=O)OC)CC1)N1CCc2ccccc2C1. The molecule has 0 amide bonds. The van der Waals surface area contributed by atoms with Crippen molar-refractivity contribution in [2.24, 2.45) is 10.9 Å². The topological polar surface area (TPSA) is 57.2 Å². The second-order valence-corrected chi connectivity index (χ2v) is 7.76. The molecule has 1 unspecified atom stereocenters. The Bertz CT molecular complexity index is 683. The van der Waals surface area contributed by atoms with Gasteiger partial charge in [-0.15, -0.1) is 0 Å². The average Bonchev–Trinajstić information content (AvgIpc) is 2.76. The Labute approximate surface area is 168 Å². The van der Waals surface area contributed by atoms with Gasteiger partial charge in [0.1, 0.15) is 0 Å². The van der Waals surface area contributed by atoms with Crippen molar-refractivity contribution < 1.29 is 9.53 Å². The van der Waals surface area contributed by atoms with Crippen molar-refractivity contribution in [1.29, 1.82) is 0 Å². The largest absolute Gasteiger partial charge is 0.469 e. The second kappa shape index (κ2) is 9.92. The molecule has 1 aromatic carbocycles. The molecule has 154 valence electrons. The van der Waals surface area contributed by atoms with E-state index in [0.29, 0.717) is 6.04 Å². The molecule has 0 spiro atoms. The highest BCUT2D eigenvalue weighted by atomic mass is 16.5. The first kappa shape index (κ1) is 20.6. The van der Waals surface area contributed by atoms with E-state index in [-0.39, 0.29) is 11.9 Å². The number of methoxy groups -OCH3 is 1. The molecule has 28 heavy (non-hydrogen) atoms. The number of carbonyl (C=O) groups excluding carboxylic acids is 1. The van der Waals surface area contributed by atoms with Gasteiger partial charge in [0.2, 0.25) is 0 Å². The number of fused-ring (bicyclic) bond motifs is 1. The standard InChI is InChI=1S/C22H34N4O2/c1-4-20(26-14-9-17-7-5-6-8-19(17)16-26)15-24-22(23-2)25-12-10-18(11-13-25)21(27)28-3/h5-8,18,20H,4,9-16H2,1-3H3,(H,23,24). The van der Waals surface area contributed by atoms with Crippen LogP contribution in [0.5, 0.6) is 0 Å². The smallest absolute Gasteiger partial charge is 0.308 e. The minimum Gasteiger partial charge on any atom is -0.469 e. The first-order chi connectivity index (χ1) is 13.7. The summed E-state index contributed by atoms with van der Waals surface area (Å²) >= 11 is 0. The molecule has 1 saturated heterocycles. The molecule has 0 radical (unpaired) electrons. The van der Waals surface area contributed by atoms with Crippen molar-refractivity contribution in [1.82, 2.24) is 15.1 Å². The van der Waals surface area contributed by atoms with Crippen LogP contribution in [0.25, 0.3) is 0 Å². The lowest BCUT2D eigenvalue weighted by Crippen LogP contribution is -2.51. The maximum absolute atomic E-state index is 11.7. The Morgan fingerprint density at radius 2 is 1.96 bits per heavy atom. The van der Waals surface area contributed by atoms with Gasteiger partial charge in [-0.25, -0.2) is 0 Å². The number of esters is 1. The van der Waals surface area contributed by atoms with Gasteiger partial charge in [-0.3, -0.25) is 14.7 Å². The van der Waals surface area contributed by atoms with Crippen molar-refractivity contribution in [3.8, 4) is 0 Å². The Kier molecular flexibility index (Phi) is 7.31. The number of guanidine groups is 1. The number of benzene rings is 1. The zero-order valence-electron chi connectivity index (χ0n) is 17.5. The van der Waals surface area contributed by atoms with Crippen molar-refractivity contribution in [3.05, 3.63) is 35.4 Å². The van der Waals surface area contributed by atoms with Crippen molar-refractivity contribution >= 4 is 11.9 Å². The summed E-state index contributed by atoms with van der Waals surface area (Å²) in [4.78, 5) is 21.1. The van der Waals surface area contributed by atoms with E-state index in [1.54, 1.807) is 0 Å². The van der Waals surface area contributed by atoms with Gasteiger partial charge in [0.25, 0.3) is 0 Å². The van der Waals surface area contributed by atoms with Gasteiger partial charge in [0, 0.05) is 45.8 Å². The highest BCUT2D eigenvalue weighted by Crippen LogP contribution is 2.21. The lowest BCUT2D eigenvalue weighted by Gasteiger charge is -2.37. The van der Waals surface area contributed by atoms with Gasteiger partial charge in [0.05, 0.1) is 13.0 Å². The van der Waals surface area contributed by atoms with Crippen LogP contribution in [0, 0.1) is 5.92 Å². The summed E-state index contributed by atoms with van der Waals surface area (Å²) in [7, 11) is 3.31. The first-order valence-electron chi connectivity index (χ1n) is 10.5. The maximum atomic E-state index is 11.7. The summed E-state index contributed by atoms with van der Waals surface area (Å²) in [5.74, 6) is 0.884. The fourth-order valence-electron chi connectivity index (χ4n) is 4.40. The molecule has 1 N–H and O–H groups in total. The maximum Gasteiger partial charge on any atom is 0.308 e. The van der Waals surface area contributed by atoms with Gasteiger partial charge in [0.15, 0.2) is 5.96 Å². The zero-order chi connectivity index (χ0) is 19.9. The number of ether oxygens (including phenoxy) is 1. The number of nitrogens with one attached hydrogen (secondary N) is 1. The molecule has 0 bridgehead atoms. The molecule has 1 aromatic rings. The van der Waals surface area contributed by atoms with E-state index in [1.165, 1.54) is 18.2 Å². The predicted molar refractivity (Wildman–Crippen MR) is 112 cm³/mol. The summed E-state index contributed by atoms with van der Waals surface area (Å²) in [6.45, 7) is 6.97. The number of aliphatic imine (C=N–C) groups is 1. The van der Waals surface area contributed by atoms with E-state index in [1.807, 2.05) is 7.05 Å². The minimum absolute atomic E-state index is 0.0242. The van der Waals surface area contributed by atoms with Gasteiger partial charge in [-0.2, -0.15) is 0 Å². The summed E-state index contributed by atoms with van der Waals surface area (Å²) in [6.07, 6.45) is 3.89. The molecule has 6 nitrogen and oxygen atoms in total. The molecule has 2 aliphatic rings. The minimum atomic E-state index is -0.0842. The van der Waals surface area contributed by atoms with Crippen LogP contribution < -0.4 is 5.32 Å². The normalized spacial score (nSPS) is 19.8. The number of nitrogens with zero attached hydrogens (tertiary/aromatic N) is 3. The lowest BCUT2D eigenvalue weighted by molar-refractivity contribution is -0.146. The summed E-state index contributed by atoms with van der Waals surface area (Å²) in [5, 5.41) is 3.59. The average molecular weight is 387 g/mol. The summed E-state index contributed by atoms with van der Waals surface area (Å²) in [6, 6.07) is 9.28. The molecule has 0 aromatic heterocycles. The van der Waals surface area contributed by atoms with Crippen LogP contribution in [0.2, 0.25) is 0 Å². The molecular formula is C22H34N4O2. The molecule has 6 heteroatoms. The quantitative estimate of drug-likeness (QED) is 0.478. The molecule has 2 heterocycles. The third-order valence-electron chi connectivity index (χ3n) is 6.18. The zero-order valence-corrected chi connectivity index (χ0v) is 17.5. The molecule has 0 saturated carbocycles. The van der Waals surface area contributed by atoms with Crippen molar-refractivity contribution in [3.63, 3.8) is 0 Å². The van der Waals surface area contributed by atoms with Crippen LogP contribution in [0.1, 0.15) is 37.3 Å². The number of hydrogen-bond acceptors (Lipinski definition) is 4. The Morgan fingerprint density at radius 1 is 1.25 bits per heavy atom. The van der Waals surface area contributed by atoms with Gasteiger partial charge >= 0.3 is 5.97 Å². The van der Waals surface area contributed by atoms with Crippen LogP contribution in [-0.4, -0.2) is 68.1 Å². The van der Waals surface area contributed by atoms with E-state index < -0.39 is 0 Å². The Balaban J connectivity index is 1.52. The van der Waals surface area contributed by atoms with Crippen LogP contribution in [0.15, 0.2) is 29.3 Å². The van der Waals surface area contributed by atoms with Crippen LogP contribution in [-0.2, 0) is 22.5 Å². The van der Waals surface area contributed by atoms with Gasteiger partial charge < -0.3 is 15.0 Å². The molecule has 2 aliphatic heterocycles. The lowest BCUT2D eigenvalue weighted by atomic mass is 9.97. The molecule has 0 aliphatic carbocycles. The van der Waals surface area contributed by atoms with Crippen LogP contribution in [0.4, 0.5) is 0 Å². The van der Waals surface area contributed by atoms with E-state index in [2.05, 4.69) is 51.3 Å². The molecule has 1 fully saturated rings. The summed E-state index contributed by atoms with van der Waals surface area (Å²) < 4.78 is 4.89. The highest BCUT2D eigenvalue weighted by Gasteiger charge is 2.28. The molecule has 3 rings (SSSR count). The number of likely N-dealkylation sites (tertiary alicyclic amines) is 1. The second-order valence-electron chi connectivity index (χ2n) is 7.76. The highest BCUT2D eigenvalue weighted by molar-refractivity contribution is 5.80. The van der Waals surface area contributed by atoms with Gasteiger partial charge in [-0.1, -0.05) is 31.2 Å². The Hall–Kier alpha value is -2.08. The van der Waals surface area contributed by atoms with E-state index in [0.717, 1.165) is 64.4 Å². The monoisotopic (exact) mass is 386 g/mol. The third kappa shape index (κ3) is 4.85. The van der Waals surface area contributed by atoms with Crippen molar-refractivity contribution in [2.45, 2.75) is 45.2 Å². The number of carbonyl (C=O) groups is 1. The Morgan fingerprint density at radius 3 is 2.61 bits per heavy atom. The first-order valence-corrected chi connectivity index (χ1v) is 10.5. The predicted octanol–water partition coefficient (Wildman–Crippen LogP) is 2.28. The molecule has 1 atom stereocenters. The van der Waals surface area contributed by atoms with E-state index in [9.17, 15) is 4.79 Å². The number of rotatable bonds is 5. The number of piperidine rings is 1. The van der Waals surface area contributed by atoms with Crippen LogP contribution >= 0.6 is 0 Å². The fourth-order valence-corrected chi connectivity index (χ4v) is 4.40. The number of hydrogen-bond donors (Lipinski definition) is 1.